The number of carbonyl (C=O) groups excluding carboxylic acids is 1. The number of nitrogens with two attached hydrogens (primary N) is 1. The summed E-state index contributed by atoms with van der Waals surface area (Å²) in [4.78, 5) is 50.7. The van der Waals surface area contributed by atoms with Gasteiger partial charge in [-0.2, -0.15) is 0 Å². The molecule has 1 unspecified atom stereocenters. The summed E-state index contributed by atoms with van der Waals surface area (Å²) in [5.74, 6) is -1.97. The summed E-state index contributed by atoms with van der Waals surface area (Å²) in [5, 5.41) is 12.7. The number of aryl methyl sites for hydroxylation is 1. The second-order valence-electron chi connectivity index (χ2n) is 8.37. The second kappa shape index (κ2) is 10.6. The Morgan fingerprint density at radius 1 is 1.00 bits per heavy atom. The first-order valence-electron chi connectivity index (χ1n) is 11.1. The number of fused-ring (bicyclic) bond motifs is 1. The zero-order valence-corrected chi connectivity index (χ0v) is 21.1. The largest absolute Gasteiger partial charge is 0.480 e. The number of rotatable bonds is 7. The van der Waals surface area contributed by atoms with Crippen LogP contribution in [0.2, 0.25) is 10.0 Å². The van der Waals surface area contributed by atoms with Crippen LogP contribution >= 0.6 is 23.2 Å². The first-order valence-corrected chi connectivity index (χ1v) is 11.9. The van der Waals surface area contributed by atoms with E-state index < -0.39 is 29.2 Å². The van der Waals surface area contributed by atoms with Gasteiger partial charge in [0.25, 0.3) is 11.5 Å². The van der Waals surface area contributed by atoms with Crippen molar-refractivity contribution < 1.29 is 14.7 Å². The van der Waals surface area contributed by atoms with Crippen LogP contribution in [0.1, 0.15) is 21.5 Å². The molecule has 0 fully saturated rings. The second-order valence-corrected chi connectivity index (χ2v) is 9.18. The van der Waals surface area contributed by atoms with E-state index >= 15 is 0 Å². The van der Waals surface area contributed by atoms with Crippen LogP contribution in [0.3, 0.4) is 0 Å². The minimum Gasteiger partial charge on any atom is -0.480 e. The Bertz CT molecular complexity index is 1620. The predicted octanol–water partition coefficient (Wildman–Crippen LogP) is 2.88. The highest BCUT2D eigenvalue weighted by Gasteiger charge is 2.24. The molecule has 0 spiro atoms. The van der Waals surface area contributed by atoms with Gasteiger partial charge in [-0.15, -0.1) is 0 Å². The van der Waals surface area contributed by atoms with Crippen LogP contribution in [0.5, 0.6) is 0 Å². The van der Waals surface area contributed by atoms with E-state index in [2.05, 4.69) is 5.32 Å². The van der Waals surface area contributed by atoms with Crippen molar-refractivity contribution in [2.75, 3.05) is 0 Å². The van der Waals surface area contributed by atoms with Crippen LogP contribution in [0.25, 0.3) is 16.6 Å². The highest BCUT2D eigenvalue weighted by atomic mass is 35.5. The van der Waals surface area contributed by atoms with E-state index in [1.54, 1.807) is 55.6 Å². The van der Waals surface area contributed by atoms with E-state index in [-0.39, 0.29) is 28.6 Å². The third-order valence-electron chi connectivity index (χ3n) is 6.00. The lowest BCUT2D eigenvalue weighted by Crippen LogP contribution is -2.42. The molecule has 0 aliphatic carbocycles. The Labute approximate surface area is 220 Å². The standard InChI is InChI=1S/C26H22Cl2N4O5/c1-31-21-10-7-15(13-29)11-17(21)24(34)32(26(31)37)16-8-5-14(6-9-16)12-20(25(35)36)30-23(33)22-18(27)3-2-4-19(22)28/h2-11,20H,12-13,29H2,1H3,(H,30,33)(H,35,36). The summed E-state index contributed by atoms with van der Waals surface area (Å²) in [7, 11) is 1.57. The smallest absolute Gasteiger partial charge is 0.335 e. The fourth-order valence-electron chi connectivity index (χ4n) is 4.02. The molecule has 190 valence electrons. The Morgan fingerprint density at radius 2 is 1.62 bits per heavy atom. The molecule has 0 radical (unpaired) electrons. The van der Waals surface area contributed by atoms with E-state index in [1.807, 2.05) is 0 Å². The minimum atomic E-state index is -1.28. The summed E-state index contributed by atoms with van der Waals surface area (Å²) < 4.78 is 2.42. The summed E-state index contributed by atoms with van der Waals surface area (Å²) in [5.41, 5.74) is 6.77. The van der Waals surface area contributed by atoms with Crippen molar-refractivity contribution in [3.05, 3.63) is 108 Å². The SMILES string of the molecule is Cn1c(=O)n(-c2ccc(CC(NC(=O)c3c(Cl)cccc3Cl)C(=O)O)cc2)c(=O)c2cc(CN)ccc21. The number of nitrogens with zero attached hydrogens (tertiary/aromatic N) is 2. The topological polar surface area (TPSA) is 136 Å². The highest BCUT2D eigenvalue weighted by Crippen LogP contribution is 2.24. The zero-order chi connectivity index (χ0) is 26.9. The Kier molecular flexibility index (Phi) is 7.49. The number of carboxylic acids is 1. The maximum atomic E-state index is 13.2. The van der Waals surface area contributed by atoms with E-state index in [0.29, 0.717) is 22.2 Å². The lowest BCUT2D eigenvalue weighted by atomic mass is 10.0. The van der Waals surface area contributed by atoms with Crippen LogP contribution in [-0.2, 0) is 24.8 Å². The van der Waals surface area contributed by atoms with Crippen LogP contribution < -0.4 is 22.3 Å². The van der Waals surface area contributed by atoms with E-state index in [4.69, 9.17) is 28.9 Å². The first-order chi connectivity index (χ1) is 17.6. The zero-order valence-electron chi connectivity index (χ0n) is 19.6. The monoisotopic (exact) mass is 540 g/mol. The molecule has 0 aliphatic heterocycles. The van der Waals surface area contributed by atoms with Crippen molar-refractivity contribution in [1.82, 2.24) is 14.5 Å². The number of aromatic nitrogens is 2. The lowest BCUT2D eigenvalue weighted by molar-refractivity contribution is -0.139. The molecule has 9 nitrogen and oxygen atoms in total. The number of nitrogens with one attached hydrogen (secondary N) is 1. The fourth-order valence-corrected chi connectivity index (χ4v) is 4.59. The van der Waals surface area contributed by atoms with Crippen LogP contribution in [-0.4, -0.2) is 32.2 Å². The van der Waals surface area contributed by atoms with Gasteiger partial charge in [0.05, 0.1) is 32.2 Å². The van der Waals surface area contributed by atoms with Gasteiger partial charge in [-0.25, -0.2) is 14.2 Å². The third-order valence-corrected chi connectivity index (χ3v) is 6.63. The predicted molar refractivity (Wildman–Crippen MR) is 142 cm³/mol. The average Bonchev–Trinajstić information content (AvgIpc) is 2.87. The van der Waals surface area contributed by atoms with E-state index in [9.17, 15) is 24.3 Å². The highest BCUT2D eigenvalue weighted by molar-refractivity contribution is 6.39. The molecule has 11 heteroatoms. The number of carbonyl (C=O) groups is 2. The molecular weight excluding hydrogens is 519 g/mol. The molecule has 1 heterocycles. The molecule has 4 aromatic rings. The number of aliphatic carboxylic acids is 1. The Morgan fingerprint density at radius 3 is 2.22 bits per heavy atom. The number of benzene rings is 3. The molecule has 1 amide bonds. The Balaban J connectivity index is 1.63. The number of hydrogen-bond donors (Lipinski definition) is 3. The number of hydrogen-bond acceptors (Lipinski definition) is 5. The molecule has 0 saturated carbocycles. The summed E-state index contributed by atoms with van der Waals surface area (Å²) in [6.45, 7) is 0.247. The van der Waals surface area contributed by atoms with E-state index in [1.165, 1.54) is 16.7 Å². The normalized spacial score (nSPS) is 11.9. The summed E-state index contributed by atoms with van der Waals surface area (Å²) in [6, 6.07) is 14.6. The molecule has 37 heavy (non-hydrogen) atoms. The maximum absolute atomic E-state index is 13.2. The molecular formula is C26H22Cl2N4O5. The van der Waals surface area contributed by atoms with Crippen molar-refractivity contribution in [2.24, 2.45) is 12.8 Å². The maximum Gasteiger partial charge on any atom is 0.335 e. The summed E-state index contributed by atoms with van der Waals surface area (Å²) >= 11 is 12.1. The van der Waals surface area contributed by atoms with Crippen molar-refractivity contribution >= 4 is 46.0 Å². The van der Waals surface area contributed by atoms with Gasteiger partial charge >= 0.3 is 11.7 Å². The molecule has 0 saturated heterocycles. The minimum absolute atomic E-state index is 0.0169. The quantitative estimate of drug-likeness (QED) is 0.329. The van der Waals surface area contributed by atoms with E-state index in [0.717, 1.165) is 10.1 Å². The van der Waals surface area contributed by atoms with Crippen molar-refractivity contribution in [3.63, 3.8) is 0 Å². The van der Waals surface area contributed by atoms with Gasteiger partial charge in [-0.1, -0.05) is 47.5 Å². The molecule has 0 bridgehead atoms. The average molecular weight is 541 g/mol. The molecule has 1 aromatic heterocycles. The van der Waals surface area contributed by atoms with Gasteiger partial charge in [0.2, 0.25) is 0 Å². The van der Waals surface area contributed by atoms with Gasteiger partial charge in [0.15, 0.2) is 0 Å². The number of amides is 1. The van der Waals surface area contributed by atoms with Crippen molar-refractivity contribution in [1.29, 1.82) is 0 Å². The molecule has 0 aliphatic rings. The van der Waals surface area contributed by atoms with Crippen LogP contribution in [0.4, 0.5) is 0 Å². The molecule has 1 atom stereocenters. The van der Waals surface area contributed by atoms with Crippen LogP contribution in [0.15, 0.2) is 70.3 Å². The fraction of sp³-hybridized carbons (Fsp3) is 0.154. The number of carboxylic acid groups (broad SMARTS) is 1. The third kappa shape index (κ3) is 5.15. The lowest BCUT2D eigenvalue weighted by Gasteiger charge is -2.16. The first kappa shape index (κ1) is 26.2. The van der Waals surface area contributed by atoms with Crippen molar-refractivity contribution in [3.8, 4) is 5.69 Å². The molecule has 4 N–H and O–H groups in total. The Hall–Kier alpha value is -3.92. The van der Waals surface area contributed by atoms with Crippen LogP contribution in [0, 0.1) is 0 Å². The molecule has 3 aromatic carbocycles. The van der Waals surface area contributed by atoms with Gasteiger partial charge in [0.1, 0.15) is 6.04 Å². The van der Waals surface area contributed by atoms with Gasteiger partial charge in [-0.3, -0.25) is 14.2 Å². The van der Waals surface area contributed by atoms with Gasteiger partial charge in [-0.05, 0) is 47.5 Å². The van der Waals surface area contributed by atoms with Gasteiger partial charge in [0, 0.05) is 20.0 Å². The molecule has 4 rings (SSSR count). The van der Waals surface area contributed by atoms with Gasteiger partial charge < -0.3 is 16.2 Å². The van der Waals surface area contributed by atoms with Crippen molar-refractivity contribution in [2.45, 2.75) is 19.0 Å². The number of halogens is 2. The summed E-state index contributed by atoms with van der Waals surface area (Å²) in [6.07, 6.45) is -0.0616.